The van der Waals surface area contributed by atoms with Crippen molar-refractivity contribution in [1.82, 2.24) is 14.5 Å². The van der Waals surface area contributed by atoms with Crippen LogP contribution < -0.4 is 4.74 Å². The Morgan fingerprint density at radius 3 is 2.56 bits per heavy atom. The van der Waals surface area contributed by atoms with Crippen LogP contribution in [0.1, 0.15) is 17.3 Å². The number of hydrogen-bond acceptors (Lipinski definition) is 7. The average Bonchev–Trinajstić information content (AvgIpc) is 2.94. The maximum atomic E-state index is 12.9. The van der Waals surface area contributed by atoms with Gasteiger partial charge in [0.1, 0.15) is 12.3 Å². The van der Waals surface area contributed by atoms with Gasteiger partial charge in [0.25, 0.3) is 0 Å². The Hall–Kier alpha value is -3.82. The van der Waals surface area contributed by atoms with E-state index in [4.69, 9.17) is 9.84 Å². The standard InChI is InChI=1S/C17H12FN3O6/c1-9(22)13-7-21(8-15(23)27-17(24)25)14-3-2-11(4-12(13)14)26-16-19-5-10(18)6-20-16/h2-7H,8H2,1H3,(H,24,25). The quantitative estimate of drug-likeness (QED) is 0.412. The Labute approximate surface area is 151 Å². The van der Waals surface area contributed by atoms with Crippen LogP contribution >= 0.6 is 0 Å². The molecule has 9 nitrogen and oxygen atoms in total. The van der Waals surface area contributed by atoms with Gasteiger partial charge in [0, 0.05) is 22.7 Å². The summed E-state index contributed by atoms with van der Waals surface area (Å²) in [5.41, 5.74) is 0.800. The van der Waals surface area contributed by atoms with Crippen LogP contribution in [0.4, 0.5) is 9.18 Å². The summed E-state index contributed by atoms with van der Waals surface area (Å²) in [6.45, 7) is 0.961. The maximum Gasteiger partial charge on any atom is 0.513 e. The van der Waals surface area contributed by atoms with Crippen LogP contribution in [0.25, 0.3) is 10.9 Å². The van der Waals surface area contributed by atoms with Gasteiger partial charge in [0.15, 0.2) is 11.6 Å². The fraction of sp³-hybridized carbons (Fsp3) is 0.118. The fourth-order valence-electron chi connectivity index (χ4n) is 2.48. The van der Waals surface area contributed by atoms with Gasteiger partial charge in [-0.05, 0) is 25.1 Å². The third-order valence-electron chi connectivity index (χ3n) is 3.54. The lowest BCUT2D eigenvalue weighted by atomic mass is 10.1. The van der Waals surface area contributed by atoms with Crippen LogP contribution in [0.5, 0.6) is 11.8 Å². The summed E-state index contributed by atoms with van der Waals surface area (Å²) in [5.74, 6) is -1.57. The van der Waals surface area contributed by atoms with Gasteiger partial charge in [-0.3, -0.25) is 4.79 Å². The molecule has 0 saturated carbocycles. The summed E-state index contributed by atoms with van der Waals surface area (Å²) in [6.07, 6.45) is 1.62. The molecule has 0 spiro atoms. The van der Waals surface area contributed by atoms with Crippen molar-refractivity contribution in [1.29, 1.82) is 0 Å². The number of hydrogen-bond donors (Lipinski definition) is 1. The van der Waals surface area contributed by atoms with Crippen LogP contribution in [-0.2, 0) is 16.1 Å². The molecule has 0 unspecified atom stereocenters. The first-order chi connectivity index (χ1) is 12.8. The molecule has 2 aromatic heterocycles. The van der Waals surface area contributed by atoms with E-state index < -0.39 is 24.5 Å². The summed E-state index contributed by atoms with van der Waals surface area (Å²) >= 11 is 0. The van der Waals surface area contributed by atoms with E-state index in [1.807, 2.05) is 0 Å². The summed E-state index contributed by atoms with van der Waals surface area (Å²) in [6, 6.07) is 4.58. The van der Waals surface area contributed by atoms with Gasteiger partial charge in [-0.2, -0.15) is 0 Å². The molecule has 0 radical (unpaired) electrons. The van der Waals surface area contributed by atoms with Crippen molar-refractivity contribution >= 4 is 28.8 Å². The number of carbonyl (C=O) groups excluding carboxylic acids is 2. The predicted molar refractivity (Wildman–Crippen MR) is 88.1 cm³/mol. The Balaban J connectivity index is 1.96. The van der Waals surface area contributed by atoms with Crippen LogP contribution in [0.2, 0.25) is 0 Å². The van der Waals surface area contributed by atoms with E-state index >= 15 is 0 Å². The molecular formula is C17H12FN3O6. The van der Waals surface area contributed by atoms with Crippen molar-refractivity contribution in [2.75, 3.05) is 0 Å². The second-order valence-corrected chi connectivity index (χ2v) is 5.43. The number of rotatable bonds is 5. The van der Waals surface area contributed by atoms with Gasteiger partial charge < -0.3 is 19.1 Å². The molecular weight excluding hydrogens is 361 g/mol. The Kier molecular flexibility index (Phi) is 4.79. The number of benzene rings is 1. The first-order valence-electron chi connectivity index (χ1n) is 7.56. The van der Waals surface area contributed by atoms with E-state index in [0.717, 1.165) is 12.4 Å². The number of halogens is 1. The molecule has 2 heterocycles. The highest BCUT2D eigenvalue weighted by molar-refractivity contribution is 6.07. The monoisotopic (exact) mass is 373 g/mol. The molecule has 3 aromatic rings. The summed E-state index contributed by atoms with van der Waals surface area (Å²) in [4.78, 5) is 41.3. The van der Waals surface area contributed by atoms with Gasteiger partial charge in [0.05, 0.1) is 12.4 Å². The largest absolute Gasteiger partial charge is 0.513 e. The number of ketones is 1. The molecule has 0 saturated heterocycles. The number of aromatic nitrogens is 3. The second-order valence-electron chi connectivity index (χ2n) is 5.43. The molecule has 0 amide bonds. The number of carbonyl (C=O) groups is 3. The minimum Gasteiger partial charge on any atom is -0.449 e. The van der Waals surface area contributed by atoms with E-state index in [0.29, 0.717) is 22.2 Å². The van der Waals surface area contributed by atoms with Crippen LogP contribution in [-0.4, -0.2) is 37.5 Å². The van der Waals surface area contributed by atoms with Crippen molar-refractivity contribution in [3.8, 4) is 11.8 Å². The summed E-state index contributed by atoms with van der Waals surface area (Å²) in [5, 5.41) is 8.98. The average molecular weight is 373 g/mol. The van der Waals surface area contributed by atoms with Crippen molar-refractivity contribution in [3.05, 3.63) is 48.2 Å². The Bertz CT molecular complexity index is 1040. The SMILES string of the molecule is CC(=O)c1cn(CC(=O)OC(=O)O)c2ccc(Oc3ncc(F)cn3)cc12. The molecule has 3 rings (SSSR count). The summed E-state index contributed by atoms with van der Waals surface area (Å²) in [7, 11) is 0. The Morgan fingerprint density at radius 1 is 1.22 bits per heavy atom. The number of ether oxygens (including phenoxy) is 2. The molecule has 138 valence electrons. The lowest BCUT2D eigenvalue weighted by molar-refractivity contribution is -0.139. The molecule has 0 aliphatic rings. The molecule has 0 aliphatic carbocycles. The molecule has 1 aromatic carbocycles. The van der Waals surface area contributed by atoms with Crippen LogP contribution in [0.15, 0.2) is 36.8 Å². The van der Waals surface area contributed by atoms with Crippen LogP contribution in [0.3, 0.4) is 0 Å². The topological polar surface area (TPSA) is 121 Å². The molecule has 0 aliphatic heterocycles. The highest BCUT2D eigenvalue weighted by atomic mass is 19.1. The lowest BCUT2D eigenvalue weighted by Gasteiger charge is -2.06. The first kappa shape index (κ1) is 18.0. The fourth-order valence-corrected chi connectivity index (χ4v) is 2.48. The van der Waals surface area contributed by atoms with Crippen LogP contribution in [0, 0.1) is 5.82 Å². The van der Waals surface area contributed by atoms with Crippen molar-refractivity contribution in [2.45, 2.75) is 13.5 Å². The second kappa shape index (κ2) is 7.20. The zero-order valence-electron chi connectivity index (χ0n) is 13.9. The van der Waals surface area contributed by atoms with Gasteiger partial charge in [-0.1, -0.05) is 0 Å². The lowest BCUT2D eigenvalue weighted by Crippen LogP contribution is -2.16. The third kappa shape index (κ3) is 4.06. The summed E-state index contributed by atoms with van der Waals surface area (Å²) < 4.78 is 23.8. The Morgan fingerprint density at radius 2 is 1.93 bits per heavy atom. The number of fused-ring (bicyclic) bond motifs is 1. The van der Waals surface area contributed by atoms with Gasteiger partial charge in [-0.25, -0.2) is 23.9 Å². The van der Waals surface area contributed by atoms with E-state index in [-0.39, 0.29) is 11.8 Å². The van der Waals surface area contributed by atoms with Gasteiger partial charge in [-0.15, -0.1) is 0 Å². The number of Topliss-reactive ketones (excluding diaryl/α,β-unsaturated/α-hetero) is 1. The zero-order valence-corrected chi connectivity index (χ0v) is 13.9. The first-order valence-corrected chi connectivity index (χ1v) is 7.56. The molecule has 0 atom stereocenters. The number of nitrogens with zero attached hydrogens (tertiary/aromatic N) is 3. The molecule has 27 heavy (non-hydrogen) atoms. The third-order valence-corrected chi connectivity index (χ3v) is 3.54. The van der Waals surface area contributed by atoms with E-state index in [1.54, 1.807) is 6.07 Å². The highest BCUT2D eigenvalue weighted by Gasteiger charge is 2.17. The smallest absolute Gasteiger partial charge is 0.449 e. The minimum absolute atomic E-state index is 0.0791. The normalized spacial score (nSPS) is 10.6. The highest BCUT2D eigenvalue weighted by Crippen LogP contribution is 2.28. The van der Waals surface area contributed by atoms with Crippen molar-refractivity contribution in [3.63, 3.8) is 0 Å². The molecule has 1 N–H and O–H groups in total. The zero-order chi connectivity index (χ0) is 19.6. The van der Waals surface area contributed by atoms with Gasteiger partial charge >= 0.3 is 18.1 Å². The number of esters is 1. The molecule has 0 fully saturated rings. The molecule has 0 bridgehead atoms. The maximum absolute atomic E-state index is 12.9. The predicted octanol–water partition coefficient (Wildman–Crippen LogP) is 2.79. The molecule has 10 heteroatoms. The van der Waals surface area contributed by atoms with Crippen molar-refractivity contribution < 1.29 is 33.4 Å². The van der Waals surface area contributed by atoms with E-state index in [9.17, 15) is 18.8 Å². The van der Waals surface area contributed by atoms with Gasteiger partial charge in [0.2, 0.25) is 0 Å². The number of carboxylic acid groups (broad SMARTS) is 1. The minimum atomic E-state index is -1.71. The van der Waals surface area contributed by atoms with Crippen molar-refractivity contribution in [2.24, 2.45) is 0 Å². The van der Waals surface area contributed by atoms with E-state index in [2.05, 4.69) is 14.7 Å². The van der Waals surface area contributed by atoms with E-state index in [1.165, 1.54) is 29.8 Å².